The number of hydrogen-bond donors (Lipinski definition) is 0. The molecule has 5 rings (SSSR count). The van der Waals surface area contributed by atoms with E-state index in [1.54, 1.807) is 16.4 Å². The summed E-state index contributed by atoms with van der Waals surface area (Å²) in [5.74, 6) is 0.542. The highest BCUT2D eigenvalue weighted by Gasteiger charge is 2.45. The number of aryl methyl sites for hydroxylation is 1. The van der Waals surface area contributed by atoms with Crippen LogP contribution in [0.15, 0.2) is 79.7 Å². The van der Waals surface area contributed by atoms with Gasteiger partial charge in [0.25, 0.3) is 0 Å². The maximum atomic E-state index is 13.5. The molecule has 1 heterocycles. The molecule has 2 fully saturated rings. The number of hydrogen-bond acceptors (Lipinski definition) is 2. The number of nitrogens with zero attached hydrogens (tertiary/aromatic N) is 1. The average molecular weight is 547 g/mol. The second-order valence-corrected chi connectivity index (χ2v) is 12.8. The summed E-state index contributed by atoms with van der Waals surface area (Å²) in [6.45, 7) is 2.86. The second kappa shape index (κ2) is 9.33. The van der Waals surface area contributed by atoms with E-state index < -0.39 is 10.0 Å². The van der Waals surface area contributed by atoms with Gasteiger partial charge in [0.15, 0.2) is 0 Å². The zero-order valence-corrected chi connectivity index (χ0v) is 22.0. The summed E-state index contributed by atoms with van der Waals surface area (Å²) in [5.41, 5.74) is 6.06. The van der Waals surface area contributed by atoms with E-state index in [9.17, 15) is 8.42 Å². The fraction of sp³-hybridized carbons (Fsp3) is 0.407. The summed E-state index contributed by atoms with van der Waals surface area (Å²) in [7, 11) is -3.57. The minimum Gasteiger partial charge on any atom is -0.207 e. The summed E-state index contributed by atoms with van der Waals surface area (Å²) >= 11 is 10.6. The third kappa shape index (κ3) is 4.50. The second-order valence-electron chi connectivity index (χ2n) is 9.56. The Bertz CT molecular complexity index is 1210. The first-order valence-corrected chi connectivity index (χ1v) is 14.4. The minimum atomic E-state index is -3.57. The summed E-state index contributed by atoms with van der Waals surface area (Å²) in [6.07, 6.45) is 6.58. The highest BCUT2D eigenvalue weighted by molar-refractivity contribution is 9.10. The highest BCUT2D eigenvalue weighted by atomic mass is 79.9. The van der Waals surface area contributed by atoms with Crippen molar-refractivity contribution in [2.75, 3.05) is 13.1 Å². The van der Waals surface area contributed by atoms with E-state index in [4.69, 9.17) is 11.6 Å². The van der Waals surface area contributed by atoms with Gasteiger partial charge in [0, 0.05) is 28.5 Å². The van der Waals surface area contributed by atoms with Gasteiger partial charge in [-0.2, -0.15) is 4.31 Å². The molecule has 2 aromatic rings. The average Bonchev–Trinajstić information content (AvgIpc) is 2.81. The molecular formula is C27H29BrClNO2S. The Morgan fingerprint density at radius 1 is 1.00 bits per heavy atom. The lowest BCUT2D eigenvalue weighted by Gasteiger charge is -2.47. The van der Waals surface area contributed by atoms with Crippen LogP contribution in [0.3, 0.4) is 0 Å². The van der Waals surface area contributed by atoms with E-state index in [2.05, 4.69) is 40.2 Å². The monoisotopic (exact) mass is 545 g/mol. The van der Waals surface area contributed by atoms with Crippen molar-refractivity contribution in [2.24, 2.45) is 5.92 Å². The van der Waals surface area contributed by atoms with Gasteiger partial charge in [-0.1, -0.05) is 74.9 Å². The summed E-state index contributed by atoms with van der Waals surface area (Å²) < 4.78 is 29.8. The van der Waals surface area contributed by atoms with E-state index in [0.717, 1.165) is 39.9 Å². The fourth-order valence-electron chi connectivity index (χ4n) is 5.53. The number of fused-ring (bicyclic) bond motifs is 1. The molecule has 3 aliphatic rings. The lowest BCUT2D eigenvalue weighted by Crippen LogP contribution is -2.47. The van der Waals surface area contributed by atoms with Crippen molar-refractivity contribution in [3.8, 4) is 0 Å². The molecule has 2 atom stereocenters. The van der Waals surface area contributed by atoms with Crippen LogP contribution < -0.4 is 0 Å². The SMILES string of the molecule is Cc1ccc(S(=O)(=O)N2CC(C(Cl)=C3CCCCC3)=C3[C@H](C[C@H]3c3ccc(Br)cc3)C2)cc1. The van der Waals surface area contributed by atoms with Gasteiger partial charge in [0.2, 0.25) is 10.0 Å². The number of allylic oxidation sites excluding steroid dienone is 1. The molecule has 0 aromatic heterocycles. The molecular weight excluding hydrogens is 518 g/mol. The summed E-state index contributed by atoms with van der Waals surface area (Å²) in [5, 5.41) is 0.834. The number of benzene rings is 2. The van der Waals surface area contributed by atoms with Crippen molar-refractivity contribution in [3.63, 3.8) is 0 Å². The van der Waals surface area contributed by atoms with E-state index in [1.807, 2.05) is 19.1 Å². The van der Waals surface area contributed by atoms with Crippen LogP contribution >= 0.6 is 27.5 Å². The molecule has 0 bridgehead atoms. The smallest absolute Gasteiger partial charge is 0.207 e. The van der Waals surface area contributed by atoms with Crippen LogP contribution in [0.4, 0.5) is 0 Å². The summed E-state index contributed by atoms with van der Waals surface area (Å²) in [6, 6.07) is 15.7. The molecule has 6 heteroatoms. The number of rotatable bonds is 4. The van der Waals surface area contributed by atoms with E-state index in [1.165, 1.54) is 36.0 Å². The molecule has 0 spiro atoms. The van der Waals surface area contributed by atoms with Crippen LogP contribution in [0.2, 0.25) is 0 Å². The molecule has 1 aliphatic heterocycles. The Morgan fingerprint density at radius 3 is 2.33 bits per heavy atom. The molecule has 0 radical (unpaired) electrons. The van der Waals surface area contributed by atoms with Crippen molar-refractivity contribution in [3.05, 3.63) is 85.9 Å². The topological polar surface area (TPSA) is 37.4 Å². The van der Waals surface area contributed by atoms with Crippen molar-refractivity contribution in [2.45, 2.75) is 56.3 Å². The Labute approximate surface area is 210 Å². The van der Waals surface area contributed by atoms with Gasteiger partial charge in [0.1, 0.15) is 0 Å². The molecule has 2 saturated carbocycles. The summed E-state index contributed by atoms with van der Waals surface area (Å²) in [4.78, 5) is 0.362. The predicted octanol–water partition coefficient (Wildman–Crippen LogP) is 7.32. The van der Waals surface area contributed by atoms with Crippen LogP contribution in [0.1, 0.15) is 55.6 Å². The maximum absolute atomic E-state index is 13.5. The van der Waals surface area contributed by atoms with E-state index >= 15 is 0 Å². The number of halogens is 2. The normalized spacial score (nSPS) is 23.8. The van der Waals surface area contributed by atoms with Crippen molar-refractivity contribution >= 4 is 37.6 Å². The Morgan fingerprint density at radius 2 is 1.67 bits per heavy atom. The first-order chi connectivity index (χ1) is 15.8. The third-order valence-corrected chi connectivity index (χ3v) is 10.3. The van der Waals surface area contributed by atoms with Crippen molar-refractivity contribution in [1.29, 1.82) is 0 Å². The van der Waals surface area contributed by atoms with Crippen molar-refractivity contribution < 1.29 is 8.42 Å². The predicted molar refractivity (Wildman–Crippen MR) is 138 cm³/mol. The largest absolute Gasteiger partial charge is 0.243 e. The first-order valence-electron chi connectivity index (χ1n) is 11.8. The standard InChI is InChI=1S/C27H29BrClNO2S/c1-18-7-13-23(14-8-18)33(31,32)30-16-21-15-24(19-9-11-22(28)12-10-19)26(21)25(17-30)27(29)20-5-3-2-4-6-20/h7-14,21,24H,2-6,15-17H2,1H3/t21-,24+/m1/s1. The van der Waals surface area contributed by atoms with Gasteiger partial charge >= 0.3 is 0 Å². The Balaban J connectivity index is 1.55. The molecule has 0 amide bonds. The molecule has 33 heavy (non-hydrogen) atoms. The molecule has 0 saturated heterocycles. The molecule has 2 aliphatic carbocycles. The quantitative estimate of drug-likeness (QED) is 0.403. The van der Waals surface area contributed by atoms with E-state index in [0.29, 0.717) is 23.9 Å². The lowest BCUT2D eigenvalue weighted by molar-refractivity contribution is 0.274. The molecule has 0 unspecified atom stereocenters. The molecule has 2 aromatic carbocycles. The fourth-order valence-corrected chi connectivity index (χ4v) is 7.61. The van der Waals surface area contributed by atoms with Crippen molar-refractivity contribution in [1.82, 2.24) is 4.31 Å². The Hall–Kier alpha value is -1.40. The molecule has 3 nitrogen and oxygen atoms in total. The zero-order chi connectivity index (χ0) is 23.2. The minimum absolute atomic E-state index is 0.223. The van der Waals surface area contributed by atoms with Crippen LogP contribution in [-0.2, 0) is 10.0 Å². The van der Waals surface area contributed by atoms with Gasteiger partial charge in [-0.25, -0.2) is 8.42 Å². The van der Waals surface area contributed by atoms with Crippen LogP contribution in [0.5, 0.6) is 0 Å². The Kier molecular flexibility index (Phi) is 6.60. The molecule has 0 N–H and O–H groups in total. The van der Waals surface area contributed by atoms with Crippen LogP contribution in [-0.4, -0.2) is 25.8 Å². The van der Waals surface area contributed by atoms with E-state index in [-0.39, 0.29) is 5.92 Å². The maximum Gasteiger partial charge on any atom is 0.243 e. The van der Waals surface area contributed by atoms with Gasteiger partial charge in [-0.05, 0) is 80.3 Å². The van der Waals surface area contributed by atoms with Gasteiger partial charge in [-0.15, -0.1) is 0 Å². The van der Waals surface area contributed by atoms with Gasteiger partial charge < -0.3 is 0 Å². The lowest BCUT2D eigenvalue weighted by atomic mass is 9.63. The van der Waals surface area contributed by atoms with Gasteiger partial charge in [-0.3, -0.25) is 0 Å². The highest BCUT2D eigenvalue weighted by Crippen LogP contribution is 2.53. The number of sulfonamides is 1. The van der Waals surface area contributed by atoms with Crippen LogP contribution in [0.25, 0.3) is 0 Å². The molecule has 174 valence electrons. The van der Waals surface area contributed by atoms with Crippen LogP contribution in [0, 0.1) is 12.8 Å². The first kappa shape index (κ1) is 23.3. The zero-order valence-electron chi connectivity index (χ0n) is 18.9. The van der Waals surface area contributed by atoms with Gasteiger partial charge in [0.05, 0.1) is 4.90 Å². The third-order valence-electron chi connectivity index (χ3n) is 7.41.